The van der Waals surface area contributed by atoms with Gasteiger partial charge in [-0.2, -0.15) is 0 Å². The predicted molar refractivity (Wildman–Crippen MR) is 76.9 cm³/mol. The minimum Gasteiger partial charge on any atom is -0.303 e. The highest BCUT2D eigenvalue weighted by atomic mass is 79.9. The fourth-order valence-corrected chi connectivity index (χ4v) is 3.31. The summed E-state index contributed by atoms with van der Waals surface area (Å²) in [6, 6.07) is 7.39. The molecule has 1 aromatic rings. The molecule has 17 heavy (non-hydrogen) atoms. The molecule has 94 valence electrons. The zero-order chi connectivity index (χ0) is 11.1. The number of nitrogens with zero attached hydrogens (tertiary/aromatic N) is 2. The molecule has 4 heteroatoms. The Hall–Kier alpha value is -0.0900. The van der Waals surface area contributed by atoms with Gasteiger partial charge in [-0.1, -0.05) is 22.0 Å². The molecule has 1 unspecified atom stereocenters. The number of hydrogen-bond donors (Lipinski definition) is 0. The SMILES string of the molecule is CN1CCN2CCc3cc(Br)ccc3C2C1.Cl. The van der Waals surface area contributed by atoms with Gasteiger partial charge in [-0.05, 0) is 36.7 Å². The molecule has 1 saturated heterocycles. The van der Waals surface area contributed by atoms with Crippen molar-refractivity contribution < 1.29 is 0 Å². The Bertz CT molecular complexity index is 410. The molecule has 2 aliphatic rings. The van der Waals surface area contributed by atoms with E-state index in [4.69, 9.17) is 0 Å². The van der Waals surface area contributed by atoms with Gasteiger partial charge in [0, 0.05) is 36.7 Å². The quantitative estimate of drug-likeness (QED) is 0.726. The van der Waals surface area contributed by atoms with Gasteiger partial charge < -0.3 is 4.90 Å². The molecule has 0 saturated carbocycles. The molecule has 2 aliphatic heterocycles. The van der Waals surface area contributed by atoms with E-state index in [0.717, 1.165) is 0 Å². The Balaban J connectivity index is 0.00000108. The van der Waals surface area contributed by atoms with Crippen LogP contribution >= 0.6 is 28.3 Å². The van der Waals surface area contributed by atoms with E-state index in [1.807, 2.05) is 0 Å². The molecule has 0 aliphatic carbocycles. The van der Waals surface area contributed by atoms with Gasteiger partial charge in [0.1, 0.15) is 0 Å². The van der Waals surface area contributed by atoms with Crippen molar-refractivity contribution in [2.75, 3.05) is 33.2 Å². The van der Waals surface area contributed by atoms with Crippen LogP contribution in [0.4, 0.5) is 0 Å². The Morgan fingerprint density at radius 3 is 2.88 bits per heavy atom. The lowest BCUT2D eigenvalue weighted by atomic mass is 9.91. The van der Waals surface area contributed by atoms with Crippen LogP contribution in [-0.4, -0.2) is 43.0 Å². The minimum atomic E-state index is 0. The van der Waals surface area contributed by atoms with Gasteiger partial charge in [0.05, 0.1) is 0 Å². The topological polar surface area (TPSA) is 6.48 Å². The summed E-state index contributed by atoms with van der Waals surface area (Å²) in [6.45, 7) is 4.83. The van der Waals surface area contributed by atoms with Gasteiger partial charge >= 0.3 is 0 Å². The van der Waals surface area contributed by atoms with E-state index in [0.29, 0.717) is 6.04 Å². The van der Waals surface area contributed by atoms with E-state index in [9.17, 15) is 0 Å². The van der Waals surface area contributed by atoms with Gasteiger partial charge in [0.2, 0.25) is 0 Å². The third kappa shape index (κ3) is 2.53. The summed E-state index contributed by atoms with van der Waals surface area (Å²) in [5.41, 5.74) is 3.08. The van der Waals surface area contributed by atoms with Crippen molar-refractivity contribution in [1.29, 1.82) is 0 Å². The fourth-order valence-electron chi connectivity index (χ4n) is 2.90. The summed E-state index contributed by atoms with van der Waals surface area (Å²) >= 11 is 3.57. The van der Waals surface area contributed by atoms with Crippen molar-refractivity contribution in [2.45, 2.75) is 12.5 Å². The number of fused-ring (bicyclic) bond motifs is 3. The summed E-state index contributed by atoms with van der Waals surface area (Å²) in [5.74, 6) is 0. The standard InChI is InChI=1S/C13H17BrN2.ClH/c1-15-6-7-16-5-4-10-8-11(14)2-3-12(10)13(16)9-15;/h2-3,8,13H,4-7,9H2,1H3;1H. The second-order valence-electron chi connectivity index (χ2n) is 4.91. The van der Waals surface area contributed by atoms with E-state index in [2.05, 4.69) is 51.0 Å². The highest BCUT2D eigenvalue weighted by Gasteiger charge is 2.31. The molecular weight excluding hydrogens is 300 g/mol. The van der Waals surface area contributed by atoms with Crippen molar-refractivity contribution in [1.82, 2.24) is 9.80 Å². The van der Waals surface area contributed by atoms with Crippen molar-refractivity contribution >= 4 is 28.3 Å². The highest BCUT2D eigenvalue weighted by Crippen LogP contribution is 2.33. The van der Waals surface area contributed by atoms with Gasteiger partial charge in [-0.25, -0.2) is 0 Å². The van der Waals surface area contributed by atoms with Gasteiger partial charge in [0.15, 0.2) is 0 Å². The van der Waals surface area contributed by atoms with Crippen molar-refractivity contribution in [3.8, 4) is 0 Å². The Morgan fingerprint density at radius 1 is 1.24 bits per heavy atom. The molecule has 1 aromatic carbocycles. The van der Waals surface area contributed by atoms with Crippen LogP contribution in [0.5, 0.6) is 0 Å². The van der Waals surface area contributed by atoms with E-state index in [-0.39, 0.29) is 12.4 Å². The van der Waals surface area contributed by atoms with Crippen LogP contribution in [0.2, 0.25) is 0 Å². The number of likely N-dealkylation sites (N-methyl/N-ethyl adjacent to an activating group) is 1. The Kier molecular flexibility index (Phi) is 4.14. The van der Waals surface area contributed by atoms with Crippen LogP contribution < -0.4 is 0 Å². The first kappa shape index (κ1) is 13.3. The lowest BCUT2D eigenvalue weighted by Crippen LogP contribution is -2.49. The third-order valence-corrected chi connectivity index (χ3v) is 4.32. The first-order valence-corrected chi connectivity index (χ1v) is 6.74. The monoisotopic (exact) mass is 316 g/mol. The molecule has 2 nitrogen and oxygen atoms in total. The molecule has 0 N–H and O–H groups in total. The van der Waals surface area contributed by atoms with Crippen LogP contribution in [0.25, 0.3) is 0 Å². The van der Waals surface area contributed by atoms with Crippen molar-refractivity contribution in [3.05, 3.63) is 33.8 Å². The van der Waals surface area contributed by atoms with E-state index >= 15 is 0 Å². The lowest BCUT2D eigenvalue weighted by molar-refractivity contribution is 0.0825. The normalized spacial score (nSPS) is 24.7. The molecule has 0 radical (unpaired) electrons. The first-order valence-electron chi connectivity index (χ1n) is 5.95. The van der Waals surface area contributed by atoms with Crippen LogP contribution in [0.1, 0.15) is 17.2 Å². The van der Waals surface area contributed by atoms with Crippen molar-refractivity contribution in [2.24, 2.45) is 0 Å². The number of rotatable bonds is 0. The van der Waals surface area contributed by atoms with E-state index < -0.39 is 0 Å². The molecule has 0 spiro atoms. The summed E-state index contributed by atoms with van der Waals surface area (Å²) in [4.78, 5) is 5.08. The average molecular weight is 318 g/mol. The van der Waals surface area contributed by atoms with Crippen molar-refractivity contribution in [3.63, 3.8) is 0 Å². The number of hydrogen-bond acceptors (Lipinski definition) is 2. The van der Waals surface area contributed by atoms with Gasteiger partial charge in [0.25, 0.3) is 0 Å². The maximum Gasteiger partial charge on any atom is 0.0478 e. The third-order valence-electron chi connectivity index (χ3n) is 3.83. The summed E-state index contributed by atoms with van der Waals surface area (Å²) in [6.07, 6.45) is 1.20. The molecule has 0 aromatic heterocycles. The molecule has 1 atom stereocenters. The number of piperazine rings is 1. The second-order valence-corrected chi connectivity index (χ2v) is 5.82. The van der Waals surface area contributed by atoms with Crippen LogP contribution in [0, 0.1) is 0 Å². The largest absolute Gasteiger partial charge is 0.303 e. The van der Waals surface area contributed by atoms with Crippen LogP contribution in [-0.2, 0) is 6.42 Å². The first-order chi connectivity index (χ1) is 7.74. The molecule has 0 amide bonds. The Labute approximate surface area is 118 Å². The molecule has 3 rings (SSSR count). The maximum absolute atomic E-state index is 3.57. The number of halogens is 2. The van der Waals surface area contributed by atoms with Crippen LogP contribution in [0.15, 0.2) is 22.7 Å². The minimum absolute atomic E-state index is 0. The predicted octanol–water partition coefficient (Wildman–Crippen LogP) is 2.72. The summed E-state index contributed by atoms with van der Waals surface area (Å²) < 4.78 is 1.21. The maximum atomic E-state index is 3.57. The molecule has 1 fully saturated rings. The van der Waals surface area contributed by atoms with Gasteiger partial charge in [-0.15, -0.1) is 12.4 Å². The average Bonchev–Trinajstić information content (AvgIpc) is 2.28. The lowest BCUT2D eigenvalue weighted by Gasteiger charge is -2.43. The highest BCUT2D eigenvalue weighted by molar-refractivity contribution is 9.10. The van der Waals surface area contributed by atoms with Gasteiger partial charge in [-0.3, -0.25) is 4.90 Å². The summed E-state index contributed by atoms with van der Waals surface area (Å²) in [5, 5.41) is 0. The zero-order valence-corrected chi connectivity index (χ0v) is 12.4. The smallest absolute Gasteiger partial charge is 0.0478 e. The Morgan fingerprint density at radius 2 is 2.06 bits per heavy atom. The van der Waals surface area contributed by atoms with E-state index in [1.54, 1.807) is 5.56 Å². The zero-order valence-electron chi connectivity index (χ0n) is 10.0. The molecule has 2 heterocycles. The second kappa shape index (κ2) is 5.27. The van der Waals surface area contributed by atoms with Crippen LogP contribution in [0.3, 0.4) is 0 Å². The van der Waals surface area contributed by atoms with E-state index in [1.165, 1.54) is 42.6 Å². The molecule has 0 bridgehead atoms. The molecular formula is C13H18BrClN2. The number of benzene rings is 1. The fraction of sp³-hybridized carbons (Fsp3) is 0.538. The summed E-state index contributed by atoms with van der Waals surface area (Å²) in [7, 11) is 2.23.